The number of benzene rings is 2. The molecule has 0 fully saturated rings. The van der Waals surface area contributed by atoms with Gasteiger partial charge in [-0.3, -0.25) is 4.79 Å². The topological polar surface area (TPSA) is 57.8 Å². The van der Waals surface area contributed by atoms with Gasteiger partial charge in [0.25, 0.3) is 0 Å². The Balaban J connectivity index is 1.46. The van der Waals surface area contributed by atoms with Gasteiger partial charge in [0.1, 0.15) is 5.01 Å². The number of nitrogens with zero attached hydrogens (tertiary/aromatic N) is 1. The van der Waals surface area contributed by atoms with Crippen LogP contribution in [0.5, 0.6) is 0 Å². The highest BCUT2D eigenvalue weighted by Gasteiger charge is 2.09. The second kappa shape index (κ2) is 6.29. The van der Waals surface area contributed by atoms with Crippen molar-refractivity contribution < 1.29 is 4.79 Å². The fraction of sp³-hybridized carbons (Fsp3) is 0.0526. The van der Waals surface area contributed by atoms with Gasteiger partial charge in [-0.15, -0.1) is 11.3 Å². The quantitative estimate of drug-likeness (QED) is 0.579. The molecule has 0 aliphatic heterocycles. The van der Waals surface area contributed by atoms with E-state index in [9.17, 15) is 4.79 Å². The molecule has 0 saturated carbocycles. The van der Waals surface area contributed by atoms with Crippen LogP contribution in [-0.4, -0.2) is 15.9 Å². The zero-order chi connectivity index (χ0) is 16.4. The van der Waals surface area contributed by atoms with E-state index in [2.05, 4.69) is 15.3 Å². The number of carbonyl (C=O) groups is 1. The van der Waals surface area contributed by atoms with Crippen molar-refractivity contribution >= 4 is 33.8 Å². The summed E-state index contributed by atoms with van der Waals surface area (Å²) in [6.07, 6.45) is 4.03. The molecule has 118 valence electrons. The Labute approximate surface area is 143 Å². The molecule has 4 rings (SSSR count). The van der Waals surface area contributed by atoms with Gasteiger partial charge in [0.05, 0.1) is 6.42 Å². The van der Waals surface area contributed by atoms with Gasteiger partial charge in [-0.1, -0.05) is 18.2 Å². The summed E-state index contributed by atoms with van der Waals surface area (Å²) in [4.78, 5) is 19.8. The van der Waals surface area contributed by atoms with Crippen molar-refractivity contribution in [2.45, 2.75) is 6.42 Å². The summed E-state index contributed by atoms with van der Waals surface area (Å²) >= 11 is 1.60. The minimum atomic E-state index is -0.0262. The van der Waals surface area contributed by atoms with Crippen molar-refractivity contribution in [3.8, 4) is 10.6 Å². The molecule has 5 heteroatoms. The van der Waals surface area contributed by atoms with Gasteiger partial charge in [-0.2, -0.15) is 0 Å². The number of amides is 1. The molecule has 4 nitrogen and oxygen atoms in total. The third-order valence-corrected chi connectivity index (χ3v) is 4.70. The smallest absolute Gasteiger partial charge is 0.228 e. The van der Waals surface area contributed by atoms with Gasteiger partial charge >= 0.3 is 0 Å². The molecule has 2 N–H and O–H groups in total. The lowest BCUT2D eigenvalue weighted by atomic mass is 10.1. The molecular weight excluding hydrogens is 318 g/mol. The van der Waals surface area contributed by atoms with E-state index in [1.807, 2.05) is 60.1 Å². The number of hydrogen-bond acceptors (Lipinski definition) is 3. The van der Waals surface area contributed by atoms with Crippen LogP contribution in [0.1, 0.15) is 5.56 Å². The van der Waals surface area contributed by atoms with E-state index in [-0.39, 0.29) is 5.91 Å². The Morgan fingerprint density at radius 3 is 2.75 bits per heavy atom. The zero-order valence-electron chi connectivity index (χ0n) is 12.8. The average molecular weight is 333 g/mol. The average Bonchev–Trinajstić information content (AvgIpc) is 3.26. The number of aromatic amines is 1. The molecule has 24 heavy (non-hydrogen) atoms. The molecule has 2 aromatic carbocycles. The Morgan fingerprint density at radius 2 is 1.96 bits per heavy atom. The third-order valence-electron chi connectivity index (χ3n) is 3.87. The lowest BCUT2D eigenvalue weighted by Crippen LogP contribution is -2.14. The Morgan fingerprint density at radius 1 is 1.12 bits per heavy atom. The lowest BCUT2D eigenvalue weighted by Gasteiger charge is -2.05. The van der Waals surface area contributed by atoms with Crippen molar-refractivity contribution in [1.29, 1.82) is 0 Å². The number of aromatic nitrogens is 2. The van der Waals surface area contributed by atoms with E-state index in [1.54, 1.807) is 17.5 Å². The number of carbonyl (C=O) groups excluding carboxylic acids is 1. The molecule has 0 unspecified atom stereocenters. The van der Waals surface area contributed by atoms with Crippen LogP contribution in [0.2, 0.25) is 0 Å². The van der Waals surface area contributed by atoms with E-state index in [1.165, 1.54) is 0 Å². The monoisotopic (exact) mass is 333 g/mol. The van der Waals surface area contributed by atoms with Gasteiger partial charge in [0.2, 0.25) is 5.91 Å². The van der Waals surface area contributed by atoms with Crippen LogP contribution in [-0.2, 0) is 11.2 Å². The third kappa shape index (κ3) is 2.94. The Hall–Kier alpha value is -2.92. The molecule has 2 heterocycles. The largest absolute Gasteiger partial charge is 0.361 e. The van der Waals surface area contributed by atoms with Gasteiger partial charge in [0, 0.05) is 39.9 Å². The van der Waals surface area contributed by atoms with Gasteiger partial charge in [-0.05, 0) is 35.9 Å². The second-order valence-electron chi connectivity index (χ2n) is 5.50. The van der Waals surface area contributed by atoms with Crippen molar-refractivity contribution in [3.05, 3.63) is 71.9 Å². The number of nitrogens with one attached hydrogen (secondary N) is 2. The number of H-pyrrole nitrogens is 1. The molecule has 0 atom stereocenters. The summed E-state index contributed by atoms with van der Waals surface area (Å²) in [6, 6.07) is 15.8. The molecule has 0 bridgehead atoms. The summed E-state index contributed by atoms with van der Waals surface area (Å²) in [7, 11) is 0. The van der Waals surface area contributed by atoms with Crippen molar-refractivity contribution in [3.63, 3.8) is 0 Å². The highest BCUT2D eigenvalue weighted by atomic mass is 32.1. The number of thiazole rings is 1. The Bertz CT molecular complexity index is 971. The molecule has 1 amide bonds. The van der Waals surface area contributed by atoms with Gasteiger partial charge in [-0.25, -0.2) is 4.98 Å². The summed E-state index contributed by atoms with van der Waals surface area (Å²) in [5.74, 6) is -0.0262. The van der Waals surface area contributed by atoms with Crippen LogP contribution >= 0.6 is 11.3 Å². The van der Waals surface area contributed by atoms with Crippen LogP contribution in [0.15, 0.2) is 66.3 Å². The number of anilines is 1. The van der Waals surface area contributed by atoms with Crippen LogP contribution in [0, 0.1) is 0 Å². The summed E-state index contributed by atoms with van der Waals surface area (Å²) < 4.78 is 0. The molecule has 0 spiro atoms. The lowest BCUT2D eigenvalue weighted by molar-refractivity contribution is -0.115. The highest BCUT2D eigenvalue weighted by molar-refractivity contribution is 7.13. The molecule has 0 aliphatic carbocycles. The van der Waals surface area contributed by atoms with Crippen LogP contribution in [0.25, 0.3) is 21.5 Å². The van der Waals surface area contributed by atoms with Crippen molar-refractivity contribution in [2.24, 2.45) is 0 Å². The minimum absolute atomic E-state index is 0.0262. The van der Waals surface area contributed by atoms with Gasteiger partial charge < -0.3 is 10.3 Å². The fourth-order valence-electron chi connectivity index (χ4n) is 2.72. The first kappa shape index (κ1) is 14.7. The highest BCUT2D eigenvalue weighted by Crippen LogP contribution is 2.23. The SMILES string of the molecule is O=C(Cc1c[nH]c2ccccc12)Nc1ccc(-c2nccs2)cc1. The molecule has 0 radical (unpaired) electrons. The summed E-state index contributed by atoms with van der Waals surface area (Å²) in [6.45, 7) is 0. The number of para-hydroxylation sites is 1. The molecular formula is C19H15N3OS. The number of hydrogen-bond donors (Lipinski definition) is 2. The molecule has 4 aromatic rings. The first-order valence-electron chi connectivity index (χ1n) is 7.64. The second-order valence-corrected chi connectivity index (χ2v) is 6.39. The number of fused-ring (bicyclic) bond motifs is 1. The maximum atomic E-state index is 12.3. The van der Waals surface area contributed by atoms with E-state index in [0.717, 1.165) is 32.7 Å². The van der Waals surface area contributed by atoms with Crippen LogP contribution in [0.4, 0.5) is 5.69 Å². The van der Waals surface area contributed by atoms with Crippen LogP contribution < -0.4 is 5.32 Å². The van der Waals surface area contributed by atoms with E-state index < -0.39 is 0 Å². The van der Waals surface area contributed by atoms with E-state index in [4.69, 9.17) is 0 Å². The summed E-state index contributed by atoms with van der Waals surface area (Å²) in [5, 5.41) is 6.97. The normalized spacial score (nSPS) is 10.8. The van der Waals surface area contributed by atoms with Crippen molar-refractivity contribution in [2.75, 3.05) is 5.32 Å². The van der Waals surface area contributed by atoms with E-state index >= 15 is 0 Å². The van der Waals surface area contributed by atoms with Gasteiger partial charge in [0.15, 0.2) is 0 Å². The van der Waals surface area contributed by atoms with E-state index in [0.29, 0.717) is 6.42 Å². The zero-order valence-corrected chi connectivity index (χ0v) is 13.6. The first-order chi connectivity index (χ1) is 11.8. The molecule has 0 saturated heterocycles. The first-order valence-corrected chi connectivity index (χ1v) is 8.52. The fourth-order valence-corrected chi connectivity index (χ4v) is 3.36. The predicted molar refractivity (Wildman–Crippen MR) is 98.2 cm³/mol. The maximum absolute atomic E-state index is 12.3. The molecule has 0 aliphatic rings. The Kier molecular flexibility index (Phi) is 3.84. The van der Waals surface area contributed by atoms with Crippen LogP contribution in [0.3, 0.4) is 0 Å². The van der Waals surface area contributed by atoms with Crippen molar-refractivity contribution in [1.82, 2.24) is 9.97 Å². The molecule has 2 aromatic heterocycles. The minimum Gasteiger partial charge on any atom is -0.361 e. The number of rotatable bonds is 4. The summed E-state index contributed by atoms with van der Waals surface area (Å²) in [5.41, 5.74) is 3.90. The maximum Gasteiger partial charge on any atom is 0.228 e. The standard InChI is InChI=1S/C19H15N3OS/c23-18(11-14-12-21-17-4-2-1-3-16(14)17)22-15-7-5-13(6-8-15)19-20-9-10-24-19/h1-10,12,21H,11H2,(H,22,23). The predicted octanol–water partition coefficient (Wildman–Crippen LogP) is 4.47.